The van der Waals surface area contributed by atoms with Crippen molar-refractivity contribution in [3.8, 4) is 34.5 Å². The fourth-order valence-electron chi connectivity index (χ4n) is 4.61. The van der Waals surface area contributed by atoms with E-state index in [4.69, 9.17) is 18.9 Å². The van der Waals surface area contributed by atoms with E-state index in [2.05, 4.69) is 50.3 Å². The van der Waals surface area contributed by atoms with E-state index in [0.717, 1.165) is 12.8 Å². The quantitative estimate of drug-likeness (QED) is 0.222. The van der Waals surface area contributed by atoms with E-state index in [1.807, 2.05) is 83.1 Å². The smallest absolute Gasteiger partial charge is 0.867 e. The molecular weight excluding hydrogens is 740 g/mol. The molecule has 0 unspecified atom stereocenters. The van der Waals surface area contributed by atoms with Crippen molar-refractivity contribution in [3.05, 3.63) is 84.0 Å². The van der Waals surface area contributed by atoms with Crippen LogP contribution in [-0.4, -0.2) is 22.4 Å². The van der Waals surface area contributed by atoms with Gasteiger partial charge in [0.1, 0.15) is 45.4 Å². The first kappa shape index (κ1) is 50.1. The molecule has 2 aromatic carbocycles. The van der Waals surface area contributed by atoms with Gasteiger partial charge in [-0.1, -0.05) is 64.5 Å². The molecule has 6 nitrogen and oxygen atoms in total. The summed E-state index contributed by atoms with van der Waals surface area (Å²) in [6, 6.07) is 10.2. The molecule has 0 aliphatic heterocycles. The van der Waals surface area contributed by atoms with Gasteiger partial charge < -0.3 is 29.2 Å². The summed E-state index contributed by atoms with van der Waals surface area (Å²) in [6.07, 6.45) is 25.1. The summed E-state index contributed by atoms with van der Waals surface area (Å²) in [5, 5.41) is 24.1. The average molecular weight is 808 g/mol. The van der Waals surface area contributed by atoms with Crippen LogP contribution in [-0.2, 0) is 26.2 Å². The first-order valence-electron chi connectivity index (χ1n) is 18.9. The number of hydrogen-bond donors (Lipinski definition) is 0. The molecule has 0 N–H and O–H groups in total. The van der Waals surface area contributed by atoms with Crippen molar-refractivity contribution >= 4 is 0 Å². The minimum absolute atomic E-state index is 0. The van der Waals surface area contributed by atoms with Gasteiger partial charge in [-0.25, -0.2) is 23.3 Å². The average Bonchev–Trinajstić information content (AvgIpc) is 3.72. The molecule has 0 atom stereocenters. The third kappa shape index (κ3) is 24.2. The predicted molar refractivity (Wildman–Crippen MR) is 213 cm³/mol. The summed E-state index contributed by atoms with van der Waals surface area (Å²) in [7, 11) is 0. The van der Waals surface area contributed by atoms with Gasteiger partial charge in [0.2, 0.25) is 0 Å². The van der Waals surface area contributed by atoms with E-state index in [-0.39, 0.29) is 60.1 Å². The number of rotatable bonds is 10. The van der Waals surface area contributed by atoms with E-state index in [1.54, 1.807) is 36.4 Å². The monoisotopic (exact) mass is 806 g/mol. The van der Waals surface area contributed by atoms with Crippen molar-refractivity contribution in [1.82, 2.24) is 0 Å². The molecule has 0 bridgehead atoms. The molecule has 0 heterocycles. The van der Waals surface area contributed by atoms with Gasteiger partial charge in [0, 0.05) is 0 Å². The summed E-state index contributed by atoms with van der Waals surface area (Å²) in [4.78, 5) is 0. The molecule has 0 saturated heterocycles. The van der Waals surface area contributed by atoms with Gasteiger partial charge in [0.25, 0.3) is 0 Å². The maximum Gasteiger partial charge on any atom is 4.00 e. The zero-order valence-corrected chi connectivity index (χ0v) is 37.8. The molecule has 4 rings (SSSR count). The summed E-state index contributed by atoms with van der Waals surface area (Å²) in [6.45, 7) is 27.3. The number of para-hydroxylation sites is 2. The molecule has 292 valence electrons. The molecule has 0 amide bonds. The Morgan fingerprint density at radius 2 is 0.774 bits per heavy atom. The van der Waals surface area contributed by atoms with Gasteiger partial charge in [0.05, 0.1) is 0 Å². The van der Waals surface area contributed by atoms with Crippen LogP contribution in [0.2, 0.25) is 0 Å². The zero-order chi connectivity index (χ0) is 39.6. The SMILES string of the molecule is CC(C)(C)Oc1cccc(OC(C)(C)C)c1[O-].CC(C)(C)Oc1cccc(OC(C)(C)C)c1[O-].CCCCC1=[C-]CC=C1.CCCCC1=[C-]CC=C1.[Zr+4]. The number of hydrogen-bond acceptors (Lipinski definition) is 6. The van der Waals surface area contributed by atoms with Gasteiger partial charge >= 0.3 is 26.2 Å². The van der Waals surface area contributed by atoms with Crippen LogP contribution in [0.4, 0.5) is 0 Å². The number of allylic oxidation sites excluding steroid dienone is 8. The Hall–Kier alpha value is -2.92. The number of benzene rings is 2. The van der Waals surface area contributed by atoms with Crippen LogP contribution in [0.3, 0.4) is 0 Å². The molecule has 0 radical (unpaired) electrons. The van der Waals surface area contributed by atoms with E-state index in [1.165, 1.54) is 49.7 Å². The van der Waals surface area contributed by atoms with Crippen molar-refractivity contribution in [3.63, 3.8) is 0 Å². The molecule has 2 aliphatic carbocycles. The van der Waals surface area contributed by atoms with Crippen LogP contribution in [0.25, 0.3) is 0 Å². The fraction of sp³-hybridized carbons (Fsp3) is 0.565. The van der Waals surface area contributed by atoms with E-state index >= 15 is 0 Å². The minimum Gasteiger partial charge on any atom is -0.867 e. The predicted octanol–water partition coefficient (Wildman–Crippen LogP) is 12.0. The largest absolute Gasteiger partial charge is 4.00 e. The first-order valence-corrected chi connectivity index (χ1v) is 18.9. The Balaban J connectivity index is 0.000000704. The van der Waals surface area contributed by atoms with Crippen molar-refractivity contribution in [1.29, 1.82) is 0 Å². The maximum absolute atomic E-state index is 12.1. The van der Waals surface area contributed by atoms with Crippen LogP contribution in [0, 0.1) is 12.2 Å². The summed E-state index contributed by atoms with van der Waals surface area (Å²) < 4.78 is 22.4. The minimum atomic E-state index is -0.389. The summed E-state index contributed by atoms with van der Waals surface area (Å²) in [5.74, 6) is 0.937. The third-order valence-corrected chi connectivity index (χ3v) is 6.68. The van der Waals surface area contributed by atoms with Crippen LogP contribution >= 0.6 is 0 Å². The van der Waals surface area contributed by atoms with Crippen LogP contribution < -0.4 is 29.2 Å². The molecule has 0 aromatic heterocycles. The van der Waals surface area contributed by atoms with Crippen LogP contribution in [0.15, 0.2) is 71.8 Å². The summed E-state index contributed by atoms with van der Waals surface area (Å²) >= 11 is 0. The second-order valence-electron chi connectivity index (χ2n) is 16.8. The van der Waals surface area contributed by atoms with Gasteiger partial charge in [-0.05, 0) is 119 Å². The topological polar surface area (TPSA) is 83.0 Å². The summed E-state index contributed by atoms with van der Waals surface area (Å²) in [5.41, 5.74) is 1.27. The molecule has 0 fully saturated rings. The Labute approximate surface area is 342 Å². The van der Waals surface area contributed by atoms with Crippen molar-refractivity contribution in [2.75, 3.05) is 0 Å². The van der Waals surface area contributed by atoms with Gasteiger partial charge in [-0.15, -0.1) is 12.8 Å². The second kappa shape index (κ2) is 23.8. The van der Waals surface area contributed by atoms with Crippen molar-refractivity contribution in [2.45, 2.75) is 171 Å². The number of unbranched alkanes of at least 4 members (excludes halogenated alkanes) is 2. The molecule has 7 heteroatoms. The van der Waals surface area contributed by atoms with Crippen molar-refractivity contribution in [2.24, 2.45) is 0 Å². The molecule has 0 saturated carbocycles. The van der Waals surface area contributed by atoms with Crippen LogP contribution in [0.5, 0.6) is 34.5 Å². The maximum atomic E-state index is 12.1. The van der Waals surface area contributed by atoms with Crippen molar-refractivity contribution < 1.29 is 55.4 Å². The first-order chi connectivity index (χ1) is 24.0. The Bertz CT molecular complexity index is 1280. The van der Waals surface area contributed by atoms with Gasteiger partial charge in [-0.2, -0.15) is 12.2 Å². The fourth-order valence-corrected chi connectivity index (χ4v) is 4.61. The Kier molecular flexibility index (Phi) is 22.5. The standard InChI is InChI=1S/2C14H22O3.2C9H13.Zr/c2*1-13(2,3)16-10-8-7-9-11(12(10)15)17-14(4,5)6;2*1-2-3-6-9-7-4-5-8-9;/h2*7-9,15H,1-6H3;2*4,7H,2-3,5-6H2,1H3;/q;;2*-1;+4/p-2. The second-order valence-corrected chi connectivity index (χ2v) is 16.8. The molecule has 2 aliphatic rings. The van der Waals surface area contributed by atoms with E-state index in [9.17, 15) is 10.2 Å². The Morgan fingerprint density at radius 1 is 0.509 bits per heavy atom. The van der Waals surface area contributed by atoms with E-state index in [0.29, 0.717) is 23.0 Å². The number of ether oxygens (including phenoxy) is 4. The molecule has 2 aromatic rings. The van der Waals surface area contributed by atoms with Gasteiger partial charge in [0.15, 0.2) is 0 Å². The Morgan fingerprint density at radius 3 is 0.962 bits per heavy atom. The normalized spacial score (nSPS) is 13.5. The molecule has 0 spiro atoms. The molecule has 53 heavy (non-hydrogen) atoms. The van der Waals surface area contributed by atoms with Crippen LogP contribution in [0.1, 0.15) is 148 Å². The zero-order valence-electron chi connectivity index (χ0n) is 35.4. The van der Waals surface area contributed by atoms with Gasteiger partial charge in [-0.3, -0.25) is 12.2 Å². The molecular formula is C46H68O6Zr. The third-order valence-electron chi connectivity index (χ3n) is 6.68. The van der Waals surface area contributed by atoms with E-state index < -0.39 is 0 Å².